The first-order valence-corrected chi connectivity index (χ1v) is 6.44. The second kappa shape index (κ2) is 3.31. The Kier molecular flexibility index (Phi) is 2.10. The van der Waals surface area contributed by atoms with Gasteiger partial charge in [0.15, 0.2) is 0 Å². The molecule has 76 valence electrons. The van der Waals surface area contributed by atoms with E-state index in [0.717, 1.165) is 18.0 Å². The van der Waals surface area contributed by atoms with Crippen molar-refractivity contribution in [1.29, 1.82) is 0 Å². The Bertz CT molecular complexity index is 301. The molecular formula is C11H16N2S. The minimum absolute atomic E-state index is 0.718. The van der Waals surface area contributed by atoms with E-state index in [1.165, 1.54) is 37.8 Å². The van der Waals surface area contributed by atoms with Crippen LogP contribution in [0.15, 0.2) is 10.9 Å². The van der Waals surface area contributed by atoms with Crippen LogP contribution in [0.1, 0.15) is 37.8 Å². The molecule has 1 aromatic rings. The minimum Gasteiger partial charge on any atom is -0.308 e. The number of aromatic nitrogens is 1. The zero-order valence-electron chi connectivity index (χ0n) is 8.33. The molecule has 0 bridgehead atoms. The van der Waals surface area contributed by atoms with Gasteiger partial charge in [0.1, 0.15) is 0 Å². The summed E-state index contributed by atoms with van der Waals surface area (Å²) >= 11 is 1.68. The molecule has 0 aromatic carbocycles. The van der Waals surface area contributed by atoms with Gasteiger partial charge in [-0.3, -0.25) is 0 Å². The Morgan fingerprint density at radius 2 is 2.36 bits per heavy atom. The number of rotatable bonds is 3. The highest BCUT2D eigenvalue weighted by molar-refractivity contribution is 7.07. The van der Waals surface area contributed by atoms with Gasteiger partial charge >= 0.3 is 0 Å². The molecular weight excluding hydrogens is 192 g/mol. The molecule has 0 amide bonds. The van der Waals surface area contributed by atoms with Crippen LogP contribution in [0, 0.1) is 5.41 Å². The van der Waals surface area contributed by atoms with Crippen LogP contribution >= 0.6 is 11.3 Å². The Morgan fingerprint density at radius 1 is 1.50 bits per heavy atom. The average molecular weight is 208 g/mol. The van der Waals surface area contributed by atoms with Crippen LogP contribution in [0.3, 0.4) is 0 Å². The monoisotopic (exact) mass is 208 g/mol. The van der Waals surface area contributed by atoms with Gasteiger partial charge in [-0.2, -0.15) is 0 Å². The topological polar surface area (TPSA) is 24.9 Å². The third-order valence-electron chi connectivity index (χ3n) is 3.80. The zero-order valence-corrected chi connectivity index (χ0v) is 9.15. The molecule has 1 heterocycles. The maximum Gasteiger partial charge on any atom is 0.0795 e. The molecule has 3 rings (SSSR count). The second-order valence-corrected chi connectivity index (χ2v) is 5.41. The number of hydrogen-bond donors (Lipinski definition) is 1. The van der Waals surface area contributed by atoms with Crippen molar-refractivity contribution in [2.24, 2.45) is 5.41 Å². The normalized spacial score (nSPS) is 28.4. The molecule has 2 aliphatic carbocycles. The number of thiazole rings is 1. The molecule has 1 spiro atoms. The second-order valence-electron chi connectivity index (χ2n) is 4.69. The molecule has 0 aliphatic heterocycles. The summed E-state index contributed by atoms with van der Waals surface area (Å²) in [5.41, 5.74) is 3.83. The van der Waals surface area contributed by atoms with Gasteiger partial charge in [0.2, 0.25) is 0 Å². The van der Waals surface area contributed by atoms with Crippen molar-refractivity contribution in [3.8, 4) is 0 Å². The largest absolute Gasteiger partial charge is 0.308 e. The minimum atomic E-state index is 0.718. The highest BCUT2D eigenvalue weighted by atomic mass is 32.1. The summed E-state index contributed by atoms with van der Waals surface area (Å²) in [7, 11) is 0. The van der Waals surface area contributed by atoms with E-state index >= 15 is 0 Å². The lowest BCUT2D eigenvalue weighted by Crippen LogP contribution is -2.21. The predicted molar refractivity (Wildman–Crippen MR) is 58.3 cm³/mol. The van der Waals surface area contributed by atoms with E-state index in [0.29, 0.717) is 0 Å². The highest BCUT2D eigenvalue weighted by Crippen LogP contribution is 2.57. The van der Waals surface area contributed by atoms with Gasteiger partial charge in [0.25, 0.3) is 0 Å². The lowest BCUT2D eigenvalue weighted by atomic mass is 10.1. The van der Waals surface area contributed by atoms with Crippen LogP contribution in [-0.4, -0.2) is 11.0 Å². The first-order chi connectivity index (χ1) is 6.89. The van der Waals surface area contributed by atoms with Gasteiger partial charge in [0, 0.05) is 18.0 Å². The quantitative estimate of drug-likeness (QED) is 0.825. The van der Waals surface area contributed by atoms with E-state index in [4.69, 9.17) is 0 Å². The van der Waals surface area contributed by atoms with Gasteiger partial charge in [-0.25, -0.2) is 4.98 Å². The van der Waals surface area contributed by atoms with Crippen molar-refractivity contribution in [3.63, 3.8) is 0 Å². The molecule has 0 saturated heterocycles. The van der Waals surface area contributed by atoms with Gasteiger partial charge in [0.05, 0.1) is 11.2 Å². The summed E-state index contributed by atoms with van der Waals surface area (Å²) in [6, 6.07) is 0.798. The average Bonchev–Trinajstić information content (AvgIpc) is 2.63. The Labute approximate surface area is 88.7 Å². The van der Waals surface area contributed by atoms with Crippen molar-refractivity contribution >= 4 is 11.3 Å². The van der Waals surface area contributed by atoms with Crippen LogP contribution in [0.4, 0.5) is 0 Å². The third-order valence-corrected chi connectivity index (χ3v) is 4.44. The van der Waals surface area contributed by atoms with Crippen LogP contribution < -0.4 is 5.32 Å². The predicted octanol–water partition coefficient (Wildman–Crippen LogP) is 2.57. The summed E-state index contributed by atoms with van der Waals surface area (Å²) in [4.78, 5) is 4.29. The highest BCUT2D eigenvalue weighted by Gasteiger charge is 2.54. The summed E-state index contributed by atoms with van der Waals surface area (Å²) < 4.78 is 0. The molecule has 0 radical (unpaired) electrons. The molecule has 3 heteroatoms. The number of hydrogen-bond acceptors (Lipinski definition) is 3. The van der Waals surface area contributed by atoms with E-state index < -0.39 is 0 Å². The Hall–Kier alpha value is -0.410. The van der Waals surface area contributed by atoms with Crippen LogP contribution in [-0.2, 0) is 6.54 Å². The molecule has 14 heavy (non-hydrogen) atoms. The number of nitrogens with one attached hydrogen (secondary N) is 1. The molecule has 1 atom stereocenters. The maximum absolute atomic E-state index is 4.29. The SMILES string of the molecule is c1nc(CNC2CC23CCCC3)cs1. The molecule has 1 aromatic heterocycles. The summed E-state index contributed by atoms with van der Waals surface area (Å²) in [6.07, 6.45) is 7.24. The van der Waals surface area contributed by atoms with Gasteiger partial charge < -0.3 is 5.32 Å². The van der Waals surface area contributed by atoms with Crippen LogP contribution in [0.25, 0.3) is 0 Å². The fourth-order valence-corrected chi connectivity index (χ4v) is 3.38. The Balaban J connectivity index is 1.51. The molecule has 1 unspecified atom stereocenters. The first-order valence-electron chi connectivity index (χ1n) is 5.50. The van der Waals surface area contributed by atoms with Crippen molar-refractivity contribution in [3.05, 3.63) is 16.6 Å². The fourth-order valence-electron chi connectivity index (χ4n) is 2.82. The number of nitrogens with zero attached hydrogens (tertiary/aromatic N) is 1. The van der Waals surface area contributed by atoms with Crippen molar-refractivity contribution in [1.82, 2.24) is 10.3 Å². The zero-order chi connectivity index (χ0) is 9.43. The lowest BCUT2D eigenvalue weighted by molar-refractivity contribution is 0.467. The van der Waals surface area contributed by atoms with Crippen molar-refractivity contribution < 1.29 is 0 Å². The fraction of sp³-hybridized carbons (Fsp3) is 0.727. The molecule has 2 fully saturated rings. The lowest BCUT2D eigenvalue weighted by Gasteiger charge is -2.08. The molecule has 2 saturated carbocycles. The van der Waals surface area contributed by atoms with E-state index in [1.807, 2.05) is 5.51 Å². The molecule has 2 nitrogen and oxygen atoms in total. The van der Waals surface area contributed by atoms with E-state index in [-0.39, 0.29) is 0 Å². The van der Waals surface area contributed by atoms with E-state index in [9.17, 15) is 0 Å². The molecule has 2 aliphatic rings. The summed E-state index contributed by atoms with van der Waals surface area (Å²) in [5.74, 6) is 0. The van der Waals surface area contributed by atoms with Gasteiger partial charge in [-0.05, 0) is 24.7 Å². The molecule has 1 N–H and O–H groups in total. The van der Waals surface area contributed by atoms with Gasteiger partial charge in [-0.1, -0.05) is 12.8 Å². The summed E-state index contributed by atoms with van der Waals surface area (Å²) in [5, 5.41) is 5.77. The van der Waals surface area contributed by atoms with Crippen molar-refractivity contribution in [2.75, 3.05) is 0 Å². The van der Waals surface area contributed by atoms with E-state index in [2.05, 4.69) is 15.7 Å². The smallest absolute Gasteiger partial charge is 0.0795 e. The summed E-state index contributed by atoms with van der Waals surface area (Å²) in [6.45, 7) is 0.968. The van der Waals surface area contributed by atoms with Gasteiger partial charge in [-0.15, -0.1) is 11.3 Å². The standard InChI is InChI=1S/C11H16N2S/c1-2-4-11(3-1)5-10(11)12-6-9-7-14-8-13-9/h7-8,10,12H,1-6H2. The van der Waals surface area contributed by atoms with Crippen molar-refractivity contribution in [2.45, 2.75) is 44.7 Å². The van der Waals surface area contributed by atoms with Crippen LogP contribution in [0.5, 0.6) is 0 Å². The Morgan fingerprint density at radius 3 is 3.07 bits per heavy atom. The maximum atomic E-state index is 4.29. The third kappa shape index (κ3) is 1.48. The first kappa shape index (κ1) is 8.86. The van der Waals surface area contributed by atoms with E-state index in [1.54, 1.807) is 11.3 Å². The van der Waals surface area contributed by atoms with Crippen LogP contribution in [0.2, 0.25) is 0 Å².